The first kappa shape index (κ1) is 18.9. The van der Waals surface area contributed by atoms with Gasteiger partial charge in [0.2, 0.25) is 0 Å². The third-order valence-electron chi connectivity index (χ3n) is 3.81. The van der Waals surface area contributed by atoms with Crippen LogP contribution in [-0.4, -0.2) is 34.4 Å². The number of carbonyl (C=O) groups is 2. The Bertz CT molecular complexity index is 682. The molecule has 6 nitrogen and oxygen atoms in total. The van der Waals surface area contributed by atoms with Crippen LogP contribution in [-0.2, 0) is 22.4 Å². The zero-order valence-electron chi connectivity index (χ0n) is 14.5. The highest BCUT2D eigenvalue weighted by Gasteiger charge is 2.24. The van der Waals surface area contributed by atoms with Crippen molar-refractivity contribution in [3.8, 4) is 0 Å². The maximum atomic E-state index is 11.5. The van der Waals surface area contributed by atoms with Gasteiger partial charge in [0.05, 0.1) is 18.2 Å². The number of carboxylic acid groups (broad SMARTS) is 1. The highest BCUT2D eigenvalue weighted by molar-refractivity contribution is 5.74. The fraction of sp³-hybridized carbons (Fsp3) is 0.421. The van der Waals surface area contributed by atoms with Crippen molar-refractivity contribution >= 4 is 12.3 Å². The minimum absolute atomic E-state index is 0.0898. The molecule has 1 heterocycles. The predicted molar refractivity (Wildman–Crippen MR) is 93.3 cm³/mol. The molecule has 0 radical (unpaired) electrons. The smallest absolute Gasteiger partial charge is 0.321 e. The standard InChI is InChI=1S/C19H24N2O4/c1-13(2)8-15(11-22)20-17(19(23)24)10-18-21-16(12-25-18)9-14-6-4-3-5-7-14/h3-7,11-13,15,17,20H,8-10H2,1-2H3,(H,23,24)/t15-,17-/m0/s1. The summed E-state index contributed by atoms with van der Waals surface area (Å²) < 4.78 is 5.41. The van der Waals surface area contributed by atoms with E-state index in [2.05, 4.69) is 10.3 Å². The van der Waals surface area contributed by atoms with Crippen molar-refractivity contribution < 1.29 is 19.1 Å². The number of hydrogen-bond donors (Lipinski definition) is 2. The Morgan fingerprint density at radius 2 is 2.04 bits per heavy atom. The first-order chi connectivity index (χ1) is 12.0. The summed E-state index contributed by atoms with van der Waals surface area (Å²) in [7, 11) is 0. The number of aromatic nitrogens is 1. The highest BCUT2D eigenvalue weighted by Crippen LogP contribution is 2.12. The topological polar surface area (TPSA) is 92.4 Å². The van der Waals surface area contributed by atoms with Crippen LogP contribution in [0.15, 0.2) is 41.0 Å². The number of oxazole rings is 1. The molecule has 134 valence electrons. The molecule has 0 unspecified atom stereocenters. The molecule has 1 aromatic carbocycles. The lowest BCUT2D eigenvalue weighted by molar-refractivity contribution is -0.139. The van der Waals surface area contributed by atoms with Crippen LogP contribution >= 0.6 is 0 Å². The van der Waals surface area contributed by atoms with Gasteiger partial charge in [-0.15, -0.1) is 0 Å². The van der Waals surface area contributed by atoms with Crippen LogP contribution in [0, 0.1) is 5.92 Å². The fourth-order valence-electron chi connectivity index (χ4n) is 2.65. The second kappa shape index (κ2) is 9.13. The van der Waals surface area contributed by atoms with Crippen LogP contribution in [0.2, 0.25) is 0 Å². The Morgan fingerprint density at radius 3 is 2.64 bits per heavy atom. The molecule has 0 aliphatic rings. The molecule has 0 amide bonds. The Kier molecular flexibility index (Phi) is 6.89. The number of hydrogen-bond acceptors (Lipinski definition) is 5. The molecule has 6 heteroatoms. The van der Waals surface area contributed by atoms with E-state index in [9.17, 15) is 14.7 Å². The zero-order chi connectivity index (χ0) is 18.2. The predicted octanol–water partition coefficient (Wildman–Crippen LogP) is 2.46. The van der Waals surface area contributed by atoms with Crippen LogP contribution in [0.4, 0.5) is 0 Å². The first-order valence-corrected chi connectivity index (χ1v) is 8.39. The van der Waals surface area contributed by atoms with Crippen molar-refractivity contribution in [1.29, 1.82) is 0 Å². The lowest BCUT2D eigenvalue weighted by atomic mass is 10.0. The Morgan fingerprint density at radius 1 is 1.32 bits per heavy atom. The van der Waals surface area contributed by atoms with Crippen molar-refractivity contribution in [2.75, 3.05) is 0 Å². The van der Waals surface area contributed by atoms with Gasteiger partial charge in [0.25, 0.3) is 0 Å². The van der Waals surface area contributed by atoms with E-state index in [4.69, 9.17) is 4.42 Å². The number of nitrogens with one attached hydrogen (secondary N) is 1. The average Bonchev–Trinajstić information content (AvgIpc) is 3.00. The molecule has 0 bridgehead atoms. The van der Waals surface area contributed by atoms with Crippen LogP contribution < -0.4 is 5.32 Å². The van der Waals surface area contributed by atoms with Crippen LogP contribution in [0.5, 0.6) is 0 Å². The second-order valence-corrected chi connectivity index (χ2v) is 6.53. The van der Waals surface area contributed by atoms with Crippen molar-refractivity contribution in [2.45, 2.75) is 45.2 Å². The Balaban J connectivity index is 2.00. The molecule has 25 heavy (non-hydrogen) atoms. The quantitative estimate of drug-likeness (QED) is 0.643. The summed E-state index contributed by atoms with van der Waals surface area (Å²) in [5, 5.41) is 12.3. The summed E-state index contributed by atoms with van der Waals surface area (Å²) >= 11 is 0. The van der Waals surface area contributed by atoms with E-state index in [1.54, 1.807) is 6.26 Å². The summed E-state index contributed by atoms with van der Waals surface area (Å²) in [4.78, 5) is 27.0. The SMILES string of the molecule is CC(C)C[C@@H](C=O)N[C@@H](Cc1nc(Cc2ccccc2)co1)C(=O)O. The minimum atomic E-state index is -1.03. The summed E-state index contributed by atoms with van der Waals surface area (Å²) in [5.74, 6) is -0.394. The minimum Gasteiger partial charge on any atom is -0.480 e. The van der Waals surface area contributed by atoms with Gasteiger partial charge in [-0.25, -0.2) is 4.98 Å². The molecule has 0 saturated carbocycles. The normalized spacial score (nSPS) is 13.6. The van der Waals surface area contributed by atoms with Gasteiger partial charge < -0.3 is 14.3 Å². The Hall–Kier alpha value is -2.47. The maximum Gasteiger partial charge on any atom is 0.321 e. The molecule has 2 N–H and O–H groups in total. The number of carboxylic acids is 1. The van der Waals surface area contributed by atoms with E-state index in [0.29, 0.717) is 18.7 Å². The summed E-state index contributed by atoms with van der Waals surface area (Å²) in [6, 6.07) is 8.43. The van der Waals surface area contributed by atoms with Gasteiger partial charge in [-0.05, 0) is 17.9 Å². The molecule has 2 aromatic rings. The van der Waals surface area contributed by atoms with Crippen molar-refractivity contribution in [2.24, 2.45) is 5.92 Å². The second-order valence-electron chi connectivity index (χ2n) is 6.53. The van der Waals surface area contributed by atoms with Gasteiger partial charge in [0, 0.05) is 6.42 Å². The lowest BCUT2D eigenvalue weighted by Crippen LogP contribution is -2.46. The van der Waals surface area contributed by atoms with Crippen molar-refractivity contribution in [3.05, 3.63) is 53.7 Å². The van der Waals surface area contributed by atoms with E-state index in [0.717, 1.165) is 17.5 Å². The number of aldehydes is 1. The van der Waals surface area contributed by atoms with Gasteiger partial charge in [0.15, 0.2) is 5.89 Å². The summed E-state index contributed by atoms with van der Waals surface area (Å²) in [6.45, 7) is 3.97. The molecule has 0 aliphatic heterocycles. The maximum absolute atomic E-state index is 11.5. The number of benzene rings is 1. The van der Waals surface area contributed by atoms with E-state index in [1.165, 1.54) is 0 Å². The van der Waals surface area contributed by atoms with Crippen molar-refractivity contribution in [1.82, 2.24) is 10.3 Å². The van der Waals surface area contributed by atoms with E-state index < -0.39 is 18.1 Å². The average molecular weight is 344 g/mol. The number of carbonyl (C=O) groups excluding carboxylic acids is 1. The zero-order valence-corrected chi connectivity index (χ0v) is 14.5. The molecule has 0 saturated heterocycles. The molecule has 2 atom stereocenters. The molecule has 0 fully saturated rings. The molecule has 0 aliphatic carbocycles. The van der Waals surface area contributed by atoms with Crippen LogP contribution in [0.25, 0.3) is 0 Å². The van der Waals surface area contributed by atoms with Gasteiger partial charge in [-0.3, -0.25) is 10.1 Å². The monoisotopic (exact) mass is 344 g/mol. The van der Waals surface area contributed by atoms with Gasteiger partial charge in [0.1, 0.15) is 18.6 Å². The largest absolute Gasteiger partial charge is 0.480 e. The summed E-state index contributed by atoms with van der Waals surface area (Å²) in [6.07, 6.45) is 3.60. The Labute approximate surface area is 147 Å². The van der Waals surface area contributed by atoms with Crippen LogP contribution in [0.1, 0.15) is 37.4 Å². The third-order valence-corrected chi connectivity index (χ3v) is 3.81. The van der Waals surface area contributed by atoms with E-state index in [-0.39, 0.29) is 12.3 Å². The van der Waals surface area contributed by atoms with Crippen LogP contribution in [0.3, 0.4) is 0 Å². The van der Waals surface area contributed by atoms with Gasteiger partial charge in [-0.1, -0.05) is 44.2 Å². The van der Waals surface area contributed by atoms with Gasteiger partial charge in [-0.2, -0.15) is 0 Å². The number of nitrogens with zero attached hydrogens (tertiary/aromatic N) is 1. The van der Waals surface area contributed by atoms with E-state index in [1.807, 2.05) is 44.2 Å². The molecule has 2 rings (SSSR count). The van der Waals surface area contributed by atoms with Gasteiger partial charge >= 0.3 is 5.97 Å². The molecular formula is C19H24N2O4. The molecule has 0 spiro atoms. The highest BCUT2D eigenvalue weighted by atomic mass is 16.4. The fourth-order valence-corrected chi connectivity index (χ4v) is 2.65. The molecular weight excluding hydrogens is 320 g/mol. The summed E-state index contributed by atoms with van der Waals surface area (Å²) in [5.41, 5.74) is 1.85. The first-order valence-electron chi connectivity index (χ1n) is 8.39. The van der Waals surface area contributed by atoms with E-state index >= 15 is 0 Å². The number of rotatable bonds is 10. The third kappa shape index (κ3) is 6.15. The lowest BCUT2D eigenvalue weighted by Gasteiger charge is -2.19. The van der Waals surface area contributed by atoms with Crippen molar-refractivity contribution in [3.63, 3.8) is 0 Å². The number of aliphatic carboxylic acids is 1. The molecule has 1 aromatic heterocycles.